The first kappa shape index (κ1) is 19.4. The summed E-state index contributed by atoms with van der Waals surface area (Å²) in [5, 5.41) is 10.8. The average Bonchev–Trinajstić information content (AvgIpc) is 2.51. The van der Waals surface area contributed by atoms with Crippen LogP contribution in [-0.2, 0) is 9.53 Å². The molecule has 8 heteroatoms. The molecule has 1 aromatic carbocycles. The van der Waals surface area contributed by atoms with Crippen molar-refractivity contribution in [3.8, 4) is 5.75 Å². The smallest absolute Gasteiger partial charge is 0.342 e. The predicted octanol–water partition coefficient (Wildman–Crippen LogP) is 2.41. The number of hydrogen-bond acceptors (Lipinski definition) is 6. The molecule has 0 aromatic heterocycles. The molecule has 0 radical (unpaired) electrons. The Labute approximate surface area is 140 Å². The SMILES string of the molecule is COc1ccc([N+](=O)[O-])cc1C(=O)OCC(=O)N(C(C)C)C(C)C. The summed E-state index contributed by atoms with van der Waals surface area (Å²) in [7, 11) is 1.34. The molecular weight excluding hydrogens is 316 g/mol. The summed E-state index contributed by atoms with van der Waals surface area (Å²) in [5.41, 5.74) is -0.361. The Balaban J connectivity index is 2.90. The van der Waals surface area contributed by atoms with Crippen LogP contribution in [0, 0.1) is 10.1 Å². The molecule has 0 N–H and O–H groups in total. The van der Waals surface area contributed by atoms with Crippen molar-refractivity contribution in [1.29, 1.82) is 0 Å². The highest BCUT2D eigenvalue weighted by atomic mass is 16.6. The maximum atomic E-state index is 12.2. The van der Waals surface area contributed by atoms with Crippen molar-refractivity contribution in [1.82, 2.24) is 4.90 Å². The molecule has 24 heavy (non-hydrogen) atoms. The molecule has 132 valence electrons. The van der Waals surface area contributed by atoms with Crippen molar-refractivity contribution in [2.24, 2.45) is 0 Å². The zero-order valence-electron chi connectivity index (χ0n) is 14.4. The number of rotatable bonds is 7. The molecule has 0 heterocycles. The van der Waals surface area contributed by atoms with Crippen LogP contribution < -0.4 is 4.74 Å². The first-order valence-corrected chi connectivity index (χ1v) is 7.49. The van der Waals surface area contributed by atoms with Gasteiger partial charge in [0.15, 0.2) is 6.61 Å². The van der Waals surface area contributed by atoms with Crippen molar-refractivity contribution >= 4 is 17.6 Å². The summed E-state index contributed by atoms with van der Waals surface area (Å²) < 4.78 is 10.0. The number of non-ortho nitro benzene ring substituents is 1. The minimum atomic E-state index is -0.851. The van der Waals surface area contributed by atoms with Gasteiger partial charge in [0, 0.05) is 24.2 Å². The van der Waals surface area contributed by atoms with Crippen LogP contribution in [0.25, 0.3) is 0 Å². The molecule has 0 aliphatic carbocycles. The van der Waals surface area contributed by atoms with Gasteiger partial charge < -0.3 is 14.4 Å². The lowest BCUT2D eigenvalue weighted by Crippen LogP contribution is -2.44. The summed E-state index contributed by atoms with van der Waals surface area (Å²) in [6, 6.07) is 3.52. The Bertz CT molecular complexity index is 619. The van der Waals surface area contributed by atoms with Crippen LogP contribution in [0.3, 0.4) is 0 Å². The van der Waals surface area contributed by atoms with Crippen LogP contribution in [0.2, 0.25) is 0 Å². The second kappa shape index (κ2) is 8.28. The molecule has 0 fully saturated rings. The number of amides is 1. The number of esters is 1. The van der Waals surface area contributed by atoms with E-state index in [1.165, 1.54) is 19.2 Å². The highest BCUT2D eigenvalue weighted by molar-refractivity contribution is 5.94. The average molecular weight is 338 g/mol. The largest absolute Gasteiger partial charge is 0.496 e. The van der Waals surface area contributed by atoms with E-state index in [-0.39, 0.29) is 35.0 Å². The van der Waals surface area contributed by atoms with E-state index < -0.39 is 17.5 Å². The molecule has 0 bridgehead atoms. The molecule has 0 saturated heterocycles. The van der Waals surface area contributed by atoms with E-state index in [0.717, 1.165) is 6.07 Å². The van der Waals surface area contributed by atoms with E-state index in [4.69, 9.17) is 9.47 Å². The summed E-state index contributed by atoms with van der Waals surface area (Å²) in [5.74, 6) is -1.04. The fraction of sp³-hybridized carbons (Fsp3) is 0.500. The maximum absolute atomic E-state index is 12.2. The number of nitro groups is 1. The van der Waals surface area contributed by atoms with E-state index >= 15 is 0 Å². The third-order valence-corrected chi connectivity index (χ3v) is 3.34. The molecule has 1 aromatic rings. The summed E-state index contributed by atoms with van der Waals surface area (Å²) in [4.78, 5) is 36.2. The van der Waals surface area contributed by atoms with Crippen LogP contribution in [0.5, 0.6) is 5.75 Å². The molecule has 0 atom stereocenters. The summed E-state index contributed by atoms with van der Waals surface area (Å²) >= 11 is 0. The molecule has 1 rings (SSSR count). The minimum absolute atomic E-state index is 0.0384. The van der Waals surface area contributed by atoms with Crippen LogP contribution in [0.4, 0.5) is 5.69 Å². The van der Waals surface area contributed by atoms with Gasteiger partial charge in [0.1, 0.15) is 11.3 Å². The Kier molecular flexibility index (Phi) is 6.69. The molecule has 1 amide bonds. The number of nitrogens with zero attached hydrogens (tertiary/aromatic N) is 2. The third kappa shape index (κ3) is 4.68. The summed E-state index contributed by atoms with van der Waals surface area (Å²) in [6.07, 6.45) is 0. The number of hydrogen-bond donors (Lipinski definition) is 0. The fourth-order valence-corrected chi connectivity index (χ4v) is 2.42. The van der Waals surface area contributed by atoms with E-state index in [0.29, 0.717) is 0 Å². The Morgan fingerprint density at radius 3 is 2.25 bits per heavy atom. The van der Waals surface area contributed by atoms with Gasteiger partial charge >= 0.3 is 5.97 Å². The van der Waals surface area contributed by atoms with Crippen molar-refractivity contribution < 1.29 is 24.0 Å². The molecule has 0 spiro atoms. The first-order valence-electron chi connectivity index (χ1n) is 7.49. The molecule has 0 aliphatic heterocycles. The first-order chi connectivity index (χ1) is 11.2. The van der Waals surface area contributed by atoms with Gasteiger partial charge in [-0.05, 0) is 33.8 Å². The molecule has 0 unspecified atom stereocenters. The van der Waals surface area contributed by atoms with Gasteiger partial charge in [-0.1, -0.05) is 0 Å². The molecule has 8 nitrogen and oxygen atoms in total. The van der Waals surface area contributed by atoms with Crippen LogP contribution >= 0.6 is 0 Å². The number of benzene rings is 1. The lowest BCUT2D eigenvalue weighted by molar-refractivity contribution is -0.384. The maximum Gasteiger partial charge on any atom is 0.342 e. The van der Waals surface area contributed by atoms with Gasteiger partial charge in [0.2, 0.25) is 0 Å². The Hall–Kier alpha value is -2.64. The second-order valence-electron chi connectivity index (χ2n) is 5.71. The summed E-state index contributed by atoms with van der Waals surface area (Å²) in [6.45, 7) is 7.01. The highest BCUT2D eigenvalue weighted by Gasteiger charge is 2.23. The normalized spacial score (nSPS) is 10.6. The number of methoxy groups -OCH3 is 1. The second-order valence-corrected chi connectivity index (χ2v) is 5.71. The third-order valence-electron chi connectivity index (χ3n) is 3.34. The predicted molar refractivity (Wildman–Crippen MR) is 87.0 cm³/mol. The van der Waals surface area contributed by atoms with Gasteiger partial charge in [-0.25, -0.2) is 4.79 Å². The standard InChI is InChI=1S/C16H22N2O6/c1-10(2)17(11(3)4)15(19)9-24-16(20)13-8-12(18(21)22)6-7-14(13)23-5/h6-8,10-11H,9H2,1-5H3. The van der Waals surface area contributed by atoms with Gasteiger partial charge in [0.25, 0.3) is 11.6 Å². The molecule has 0 saturated carbocycles. The van der Waals surface area contributed by atoms with Gasteiger partial charge in [-0.15, -0.1) is 0 Å². The van der Waals surface area contributed by atoms with E-state index in [1.807, 2.05) is 27.7 Å². The van der Waals surface area contributed by atoms with Gasteiger partial charge in [0.05, 0.1) is 12.0 Å². The zero-order valence-corrected chi connectivity index (χ0v) is 14.4. The van der Waals surface area contributed by atoms with Crippen molar-refractivity contribution in [2.75, 3.05) is 13.7 Å². The highest BCUT2D eigenvalue weighted by Crippen LogP contribution is 2.24. The Morgan fingerprint density at radius 1 is 1.21 bits per heavy atom. The van der Waals surface area contributed by atoms with Crippen LogP contribution in [0.15, 0.2) is 18.2 Å². The number of carbonyl (C=O) groups is 2. The quantitative estimate of drug-likeness (QED) is 0.430. The minimum Gasteiger partial charge on any atom is -0.496 e. The Morgan fingerprint density at radius 2 is 1.79 bits per heavy atom. The van der Waals surface area contributed by atoms with E-state index in [2.05, 4.69) is 0 Å². The van der Waals surface area contributed by atoms with Crippen molar-refractivity contribution in [2.45, 2.75) is 39.8 Å². The fourth-order valence-electron chi connectivity index (χ4n) is 2.42. The molecule has 0 aliphatic rings. The van der Waals surface area contributed by atoms with Crippen molar-refractivity contribution in [3.63, 3.8) is 0 Å². The van der Waals surface area contributed by atoms with Gasteiger partial charge in [-0.2, -0.15) is 0 Å². The lowest BCUT2D eigenvalue weighted by atomic mass is 10.2. The number of carbonyl (C=O) groups excluding carboxylic acids is 2. The lowest BCUT2D eigenvalue weighted by Gasteiger charge is -2.30. The van der Waals surface area contributed by atoms with Gasteiger partial charge in [-0.3, -0.25) is 14.9 Å². The monoisotopic (exact) mass is 338 g/mol. The number of ether oxygens (including phenoxy) is 2. The van der Waals surface area contributed by atoms with Crippen molar-refractivity contribution in [3.05, 3.63) is 33.9 Å². The van der Waals surface area contributed by atoms with E-state index in [9.17, 15) is 19.7 Å². The number of nitro benzene ring substituents is 1. The van der Waals surface area contributed by atoms with Crippen LogP contribution in [0.1, 0.15) is 38.1 Å². The van der Waals surface area contributed by atoms with Crippen LogP contribution in [-0.4, -0.2) is 47.5 Å². The topological polar surface area (TPSA) is 99.0 Å². The molecular formula is C16H22N2O6. The van der Waals surface area contributed by atoms with E-state index in [1.54, 1.807) is 4.90 Å². The zero-order chi connectivity index (χ0) is 18.4.